The Labute approximate surface area is 92.3 Å². The molecule has 1 atom stereocenters. The lowest BCUT2D eigenvalue weighted by molar-refractivity contribution is 0.351. The number of hydrogen-bond donors (Lipinski definition) is 1. The summed E-state index contributed by atoms with van der Waals surface area (Å²) in [6.45, 7) is 1.21. The van der Waals surface area contributed by atoms with E-state index in [0.29, 0.717) is 0 Å². The van der Waals surface area contributed by atoms with Crippen LogP contribution in [-0.2, 0) is 6.42 Å². The van der Waals surface area contributed by atoms with Gasteiger partial charge in [-0.1, -0.05) is 12.1 Å². The summed E-state index contributed by atoms with van der Waals surface area (Å²) in [4.78, 5) is 2.16. The summed E-state index contributed by atoms with van der Waals surface area (Å²) in [7, 11) is 4.18. The van der Waals surface area contributed by atoms with E-state index in [9.17, 15) is 0 Å². The average Bonchev–Trinajstić information content (AvgIpc) is 2.16. The van der Waals surface area contributed by atoms with Crippen LogP contribution in [0.5, 0.6) is 0 Å². The fraction of sp³-hybridized carbons (Fsp3) is 0.538. The van der Waals surface area contributed by atoms with Gasteiger partial charge in [0.15, 0.2) is 0 Å². The van der Waals surface area contributed by atoms with E-state index in [1.807, 2.05) is 0 Å². The monoisotopic (exact) mass is 204 g/mol. The molecule has 1 aromatic rings. The molecule has 0 aromatic heterocycles. The molecule has 0 aliphatic carbocycles. The van der Waals surface area contributed by atoms with Gasteiger partial charge >= 0.3 is 0 Å². The molecule has 0 amide bonds. The molecular weight excluding hydrogens is 184 g/mol. The van der Waals surface area contributed by atoms with Crippen LogP contribution in [0, 0.1) is 0 Å². The first-order valence-corrected chi connectivity index (χ1v) is 5.75. The molecule has 0 spiro atoms. The number of benzene rings is 1. The summed E-state index contributed by atoms with van der Waals surface area (Å²) in [5.74, 6) is 0. The average molecular weight is 204 g/mol. The van der Waals surface area contributed by atoms with Crippen molar-refractivity contribution >= 4 is 5.69 Å². The Bertz CT molecular complexity index is 316. The SMILES string of the molecule is CN(C)c1cccc(CCC2CCN2)c1. The number of nitrogens with one attached hydrogen (secondary N) is 1. The Morgan fingerprint density at radius 2 is 2.20 bits per heavy atom. The van der Waals surface area contributed by atoms with E-state index in [1.54, 1.807) is 0 Å². The highest BCUT2D eigenvalue weighted by Crippen LogP contribution is 2.17. The summed E-state index contributed by atoms with van der Waals surface area (Å²) in [6, 6.07) is 9.60. The molecule has 1 aromatic carbocycles. The lowest BCUT2D eigenvalue weighted by atomic mass is 9.98. The van der Waals surface area contributed by atoms with Crippen molar-refractivity contribution in [3.05, 3.63) is 29.8 Å². The van der Waals surface area contributed by atoms with Crippen LogP contribution in [0.2, 0.25) is 0 Å². The normalized spacial score (nSPS) is 19.7. The summed E-state index contributed by atoms with van der Waals surface area (Å²) in [5, 5.41) is 3.44. The zero-order valence-corrected chi connectivity index (χ0v) is 9.66. The van der Waals surface area contributed by atoms with Crippen LogP contribution in [0.3, 0.4) is 0 Å². The van der Waals surface area contributed by atoms with Crippen molar-refractivity contribution in [1.82, 2.24) is 5.32 Å². The molecule has 1 aliphatic rings. The molecule has 1 fully saturated rings. The second-order valence-corrected chi connectivity index (χ2v) is 4.54. The molecular formula is C13H20N2. The van der Waals surface area contributed by atoms with Crippen molar-refractivity contribution in [2.45, 2.75) is 25.3 Å². The predicted octanol–water partition coefficient (Wildman–Crippen LogP) is 2.05. The van der Waals surface area contributed by atoms with Crippen molar-refractivity contribution < 1.29 is 0 Å². The van der Waals surface area contributed by atoms with Gasteiger partial charge in [0.1, 0.15) is 0 Å². The van der Waals surface area contributed by atoms with E-state index in [2.05, 4.69) is 48.6 Å². The van der Waals surface area contributed by atoms with Gasteiger partial charge in [-0.15, -0.1) is 0 Å². The van der Waals surface area contributed by atoms with Gasteiger partial charge < -0.3 is 10.2 Å². The first kappa shape index (κ1) is 10.5. The Morgan fingerprint density at radius 1 is 1.40 bits per heavy atom. The molecule has 2 heteroatoms. The van der Waals surface area contributed by atoms with Crippen LogP contribution in [0.4, 0.5) is 5.69 Å². The van der Waals surface area contributed by atoms with E-state index >= 15 is 0 Å². The maximum absolute atomic E-state index is 3.44. The van der Waals surface area contributed by atoms with Crippen LogP contribution >= 0.6 is 0 Å². The van der Waals surface area contributed by atoms with Crippen molar-refractivity contribution in [3.63, 3.8) is 0 Å². The molecule has 1 aliphatic heterocycles. The van der Waals surface area contributed by atoms with Gasteiger partial charge in [-0.2, -0.15) is 0 Å². The highest BCUT2D eigenvalue weighted by Gasteiger charge is 2.15. The van der Waals surface area contributed by atoms with Crippen LogP contribution in [-0.4, -0.2) is 26.7 Å². The van der Waals surface area contributed by atoms with Gasteiger partial charge in [-0.25, -0.2) is 0 Å². The number of rotatable bonds is 4. The maximum atomic E-state index is 3.44. The van der Waals surface area contributed by atoms with Crippen molar-refractivity contribution in [2.24, 2.45) is 0 Å². The molecule has 1 saturated heterocycles. The quantitative estimate of drug-likeness (QED) is 0.807. The van der Waals surface area contributed by atoms with E-state index in [0.717, 1.165) is 6.04 Å². The minimum absolute atomic E-state index is 0.771. The Hall–Kier alpha value is -1.02. The minimum atomic E-state index is 0.771. The molecule has 82 valence electrons. The van der Waals surface area contributed by atoms with E-state index in [-0.39, 0.29) is 0 Å². The van der Waals surface area contributed by atoms with Gasteiger partial charge in [0.05, 0.1) is 0 Å². The zero-order valence-electron chi connectivity index (χ0n) is 9.66. The number of hydrogen-bond acceptors (Lipinski definition) is 2. The lowest BCUT2D eigenvalue weighted by Gasteiger charge is -2.27. The molecule has 1 unspecified atom stereocenters. The third-order valence-corrected chi connectivity index (χ3v) is 3.13. The van der Waals surface area contributed by atoms with Crippen molar-refractivity contribution in [3.8, 4) is 0 Å². The number of aryl methyl sites for hydroxylation is 1. The number of anilines is 1. The van der Waals surface area contributed by atoms with Crippen LogP contribution < -0.4 is 10.2 Å². The Balaban J connectivity index is 1.92. The highest BCUT2D eigenvalue weighted by molar-refractivity contribution is 5.47. The van der Waals surface area contributed by atoms with Crippen LogP contribution in [0.25, 0.3) is 0 Å². The highest BCUT2D eigenvalue weighted by atomic mass is 15.1. The Morgan fingerprint density at radius 3 is 2.80 bits per heavy atom. The largest absolute Gasteiger partial charge is 0.378 e. The first-order valence-electron chi connectivity index (χ1n) is 5.75. The third kappa shape index (κ3) is 2.72. The molecule has 0 radical (unpaired) electrons. The maximum Gasteiger partial charge on any atom is 0.0363 e. The van der Waals surface area contributed by atoms with E-state index in [1.165, 1.54) is 37.1 Å². The van der Waals surface area contributed by atoms with Gasteiger partial charge in [0.2, 0.25) is 0 Å². The van der Waals surface area contributed by atoms with Gasteiger partial charge in [0, 0.05) is 25.8 Å². The zero-order chi connectivity index (χ0) is 10.7. The second kappa shape index (κ2) is 4.67. The van der Waals surface area contributed by atoms with Crippen LogP contribution in [0.15, 0.2) is 24.3 Å². The summed E-state index contributed by atoms with van der Waals surface area (Å²) >= 11 is 0. The summed E-state index contributed by atoms with van der Waals surface area (Å²) in [6.07, 6.45) is 3.82. The topological polar surface area (TPSA) is 15.3 Å². The second-order valence-electron chi connectivity index (χ2n) is 4.54. The first-order chi connectivity index (χ1) is 7.25. The van der Waals surface area contributed by atoms with Crippen molar-refractivity contribution in [2.75, 3.05) is 25.5 Å². The summed E-state index contributed by atoms with van der Waals surface area (Å²) in [5.41, 5.74) is 2.75. The van der Waals surface area contributed by atoms with Crippen LogP contribution in [0.1, 0.15) is 18.4 Å². The molecule has 2 rings (SSSR count). The fourth-order valence-electron chi connectivity index (χ4n) is 1.93. The molecule has 0 bridgehead atoms. The van der Waals surface area contributed by atoms with Gasteiger partial charge in [-0.3, -0.25) is 0 Å². The van der Waals surface area contributed by atoms with Gasteiger partial charge in [0.25, 0.3) is 0 Å². The molecule has 1 N–H and O–H groups in total. The molecule has 0 saturated carbocycles. The fourth-order valence-corrected chi connectivity index (χ4v) is 1.93. The van der Waals surface area contributed by atoms with Gasteiger partial charge in [-0.05, 0) is 43.5 Å². The molecule has 2 nitrogen and oxygen atoms in total. The predicted molar refractivity (Wildman–Crippen MR) is 65.5 cm³/mol. The lowest BCUT2D eigenvalue weighted by Crippen LogP contribution is -2.42. The standard InChI is InChI=1S/C13H20N2/c1-15(2)13-5-3-4-11(10-13)6-7-12-8-9-14-12/h3-5,10,12,14H,6-9H2,1-2H3. The molecule has 15 heavy (non-hydrogen) atoms. The Kier molecular flexibility index (Phi) is 3.27. The molecule has 1 heterocycles. The summed E-state index contributed by atoms with van der Waals surface area (Å²) < 4.78 is 0. The van der Waals surface area contributed by atoms with Crippen molar-refractivity contribution in [1.29, 1.82) is 0 Å². The van der Waals surface area contributed by atoms with E-state index in [4.69, 9.17) is 0 Å². The minimum Gasteiger partial charge on any atom is -0.378 e. The smallest absolute Gasteiger partial charge is 0.0363 e. The number of nitrogens with zero attached hydrogens (tertiary/aromatic N) is 1. The van der Waals surface area contributed by atoms with E-state index < -0.39 is 0 Å². The third-order valence-electron chi connectivity index (χ3n) is 3.13.